The van der Waals surface area contributed by atoms with E-state index >= 15 is 0 Å². The summed E-state index contributed by atoms with van der Waals surface area (Å²) in [4.78, 5) is 28.6. The third-order valence-corrected chi connectivity index (χ3v) is 6.07. The zero-order valence-electron chi connectivity index (χ0n) is 15.7. The quantitative estimate of drug-likeness (QED) is 0.641. The first kappa shape index (κ1) is 18.4. The van der Waals surface area contributed by atoms with Crippen molar-refractivity contribution in [2.45, 2.75) is 32.4 Å². The summed E-state index contributed by atoms with van der Waals surface area (Å²) in [6.45, 7) is 2.63. The summed E-state index contributed by atoms with van der Waals surface area (Å²) in [5.74, 6) is -0.0924. The van der Waals surface area contributed by atoms with Gasteiger partial charge in [-0.05, 0) is 47.2 Å². The van der Waals surface area contributed by atoms with Gasteiger partial charge >= 0.3 is 0 Å². The molecule has 1 atom stereocenters. The summed E-state index contributed by atoms with van der Waals surface area (Å²) in [5.41, 5.74) is 3.73. The largest absolute Gasteiger partial charge is 0.326 e. The minimum absolute atomic E-state index is 0.00483. The van der Waals surface area contributed by atoms with Crippen LogP contribution in [0.25, 0.3) is 0 Å². The molecule has 142 valence electrons. The molecule has 5 heteroatoms. The lowest BCUT2D eigenvalue weighted by Gasteiger charge is -2.26. The van der Waals surface area contributed by atoms with Crippen LogP contribution < -0.4 is 5.32 Å². The molecule has 1 aromatic heterocycles. The van der Waals surface area contributed by atoms with Crippen molar-refractivity contribution in [3.8, 4) is 0 Å². The molecule has 2 heterocycles. The van der Waals surface area contributed by atoms with Crippen molar-refractivity contribution < 1.29 is 9.59 Å². The number of anilines is 1. The second-order valence-corrected chi connectivity index (χ2v) is 7.91. The molecule has 1 aliphatic rings. The van der Waals surface area contributed by atoms with E-state index in [0.717, 1.165) is 28.1 Å². The Hall–Kier alpha value is -2.92. The maximum atomic E-state index is 13.0. The van der Waals surface area contributed by atoms with Crippen LogP contribution in [0, 0.1) is 0 Å². The van der Waals surface area contributed by atoms with Crippen molar-refractivity contribution in [2.75, 3.05) is 5.32 Å². The van der Waals surface area contributed by atoms with Crippen molar-refractivity contribution in [1.82, 2.24) is 4.90 Å². The number of benzene rings is 2. The van der Waals surface area contributed by atoms with Crippen LogP contribution >= 0.6 is 11.3 Å². The Kier molecular flexibility index (Phi) is 5.26. The summed E-state index contributed by atoms with van der Waals surface area (Å²) in [5, 5.41) is 4.98. The normalized spacial score (nSPS) is 14.0. The second-order valence-electron chi connectivity index (χ2n) is 6.93. The third-order valence-electron chi connectivity index (χ3n) is 5.09. The number of nitrogens with one attached hydrogen (secondary N) is 1. The number of rotatable bonds is 6. The fraction of sp³-hybridized carbons (Fsp3) is 0.217. The molecule has 28 heavy (non-hydrogen) atoms. The molecule has 0 unspecified atom stereocenters. The lowest BCUT2D eigenvalue weighted by molar-refractivity contribution is -0.117. The van der Waals surface area contributed by atoms with Crippen LogP contribution in [0.4, 0.5) is 5.69 Å². The standard InChI is InChI=1S/C23H22N2O2S/c1-2-16-7-5-9-18(13-16)24-22(26)14-20(21-11-6-12-28-21)25-15-17-8-3-4-10-19(17)23(25)27/h3-13,20H,2,14-15H2,1H3,(H,24,26)/t20-/m0/s1. The molecule has 4 nitrogen and oxygen atoms in total. The van der Waals surface area contributed by atoms with E-state index in [-0.39, 0.29) is 24.3 Å². The lowest BCUT2D eigenvalue weighted by Crippen LogP contribution is -2.31. The van der Waals surface area contributed by atoms with Crippen molar-refractivity contribution in [3.63, 3.8) is 0 Å². The highest BCUT2D eigenvalue weighted by Crippen LogP contribution is 2.35. The molecule has 0 radical (unpaired) electrons. The summed E-state index contributed by atoms with van der Waals surface area (Å²) in [6.07, 6.45) is 1.15. The predicted octanol–water partition coefficient (Wildman–Crippen LogP) is 5.04. The van der Waals surface area contributed by atoms with Gasteiger partial charge in [-0.25, -0.2) is 0 Å². The van der Waals surface area contributed by atoms with Crippen LogP contribution in [0.3, 0.4) is 0 Å². The van der Waals surface area contributed by atoms with Crippen molar-refractivity contribution in [1.29, 1.82) is 0 Å². The van der Waals surface area contributed by atoms with Gasteiger partial charge in [-0.15, -0.1) is 11.3 Å². The van der Waals surface area contributed by atoms with E-state index in [1.807, 2.05) is 70.9 Å². The van der Waals surface area contributed by atoms with Gasteiger partial charge in [-0.2, -0.15) is 0 Å². The Morgan fingerprint density at radius 1 is 1.14 bits per heavy atom. The van der Waals surface area contributed by atoms with E-state index in [0.29, 0.717) is 6.54 Å². The zero-order valence-corrected chi connectivity index (χ0v) is 16.5. The predicted molar refractivity (Wildman–Crippen MR) is 112 cm³/mol. The van der Waals surface area contributed by atoms with Crippen LogP contribution in [0.2, 0.25) is 0 Å². The molecule has 0 saturated carbocycles. The first-order valence-corrected chi connectivity index (χ1v) is 10.3. The van der Waals surface area contributed by atoms with E-state index in [1.165, 1.54) is 5.56 Å². The van der Waals surface area contributed by atoms with Gasteiger partial charge in [0.15, 0.2) is 0 Å². The van der Waals surface area contributed by atoms with Gasteiger partial charge in [0.1, 0.15) is 0 Å². The van der Waals surface area contributed by atoms with Crippen molar-refractivity contribution in [2.24, 2.45) is 0 Å². The first-order valence-electron chi connectivity index (χ1n) is 9.46. The van der Waals surface area contributed by atoms with E-state index in [1.54, 1.807) is 11.3 Å². The molecule has 1 aliphatic heterocycles. The number of fused-ring (bicyclic) bond motifs is 1. The number of thiophene rings is 1. The molecule has 0 saturated heterocycles. The maximum Gasteiger partial charge on any atom is 0.255 e. The van der Waals surface area contributed by atoms with Gasteiger partial charge in [0.2, 0.25) is 5.91 Å². The van der Waals surface area contributed by atoms with Gasteiger partial charge in [-0.1, -0.05) is 43.3 Å². The second kappa shape index (κ2) is 7.98. The highest BCUT2D eigenvalue weighted by molar-refractivity contribution is 7.10. The molecule has 0 aliphatic carbocycles. The summed E-state index contributed by atoms with van der Waals surface area (Å²) in [7, 11) is 0. The van der Waals surface area contributed by atoms with E-state index in [4.69, 9.17) is 0 Å². The van der Waals surface area contributed by atoms with Crippen LogP contribution in [-0.2, 0) is 17.8 Å². The highest BCUT2D eigenvalue weighted by Gasteiger charge is 2.34. The fourth-order valence-corrected chi connectivity index (χ4v) is 4.47. The van der Waals surface area contributed by atoms with Gasteiger partial charge in [0, 0.05) is 22.7 Å². The number of hydrogen-bond donors (Lipinski definition) is 1. The van der Waals surface area contributed by atoms with Crippen LogP contribution in [0.5, 0.6) is 0 Å². The van der Waals surface area contributed by atoms with E-state index < -0.39 is 0 Å². The van der Waals surface area contributed by atoms with Gasteiger partial charge < -0.3 is 10.2 Å². The monoisotopic (exact) mass is 390 g/mol. The Morgan fingerprint density at radius 3 is 2.75 bits per heavy atom. The van der Waals surface area contributed by atoms with Crippen LogP contribution in [0.1, 0.15) is 45.7 Å². The SMILES string of the molecule is CCc1cccc(NC(=O)C[C@@H](c2cccs2)N2Cc3ccccc3C2=O)c1. The lowest BCUT2D eigenvalue weighted by atomic mass is 10.1. The zero-order chi connectivity index (χ0) is 19.5. The topological polar surface area (TPSA) is 49.4 Å². The summed E-state index contributed by atoms with van der Waals surface area (Å²) < 4.78 is 0. The molecule has 0 fully saturated rings. The number of carbonyl (C=O) groups is 2. The minimum Gasteiger partial charge on any atom is -0.326 e. The Morgan fingerprint density at radius 2 is 2.00 bits per heavy atom. The van der Waals surface area contributed by atoms with E-state index in [9.17, 15) is 9.59 Å². The Balaban J connectivity index is 1.55. The molecule has 1 N–H and O–H groups in total. The summed E-state index contributed by atoms with van der Waals surface area (Å²) in [6, 6.07) is 19.2. The number of nitrogens with zero attached hydrogens (tertiary/aromatic N) is 1. The molecule has 2 aromatic carbocycles. The van der Waals surface area contributed by atoms with E-state index in [2.05, 4.69) is 12.2 Å². The number of aryl methyl sites for hydroxylation is 1. The summed E-state index contributed by atoms with van der Waals surface area (Å²) >= 11 is 1.58. The number of carbonyl (C=O) groups excluding carboxylic acids is 2. The maximum absolute atomic E-state index is 13.0. The number of hydrogen-bond acceptors (Lipinski definition) is 3. The molecule has 2 amide bonds. The first-order chi connectivity index (χ1) is 13.7. The number of amides is 2. The van der Waals surface area contributed by atoms with Gasteiger partial charge in [0.25, 0.3) is 5.91 Å². The smallest absolute Gasteiger partial charge is 0.255 e. The average molecular weight is 391 g/mol. The van der Waals surface area contributed by atoms with Gasteiger partial charge in [-0.3, -0.25) is 9.59 Å². The molecular formula is C23H22N2O2S. The van der Waals surface area contributed by atoms with Crippen molar-refractivity contribution in [3.05, 3.63) is 87.6 Å². The average Bonchev–Trinajstić information content (AvgIpc) is 3.35. The molecular weight excluding hydrogens is 368 g/mol. The Bertz CT molecular complexity index is 997. The molecule has 0 spiro atoms. The Labute approximate surface area is 168 Å². The van der Waals surface area contributed by atoms with Gasteiger partial charge in [0.05, 0.1) is 12.5 Å². The van der Waals surface area contributed by atoms with Crippen LogP contribution in [-0.4, -0.2) is 16.7 Å². The third kappa shape index (κ3) is 3.71. The fourth-order valence-electron chi connectivity index (χ4n) is 3.63. The molecule has 4 rings (SSSR count). The van der Waals surface area contributed by atoms with Crippen LogP contribution in [0.15, 0.2) is 66.0 Å². The molecule has 0 bridgehead atoms. The highest BCUT2D eigenvalue weighted by atomic mass is 32.1. The molecule has 3 aromatic rings. The van der Waals surface area contributed by atoms with Crippen molar-refractivity contribution >= 4 is 28.8 Å². The minimum atomic E-state index is -0.269.